The zero-order chi connectivity index (χ0) is 18.6. The molecule has 0 bridgehead atoms. The van der Waals surface area contributed by atoms with Crippen LogP contribution in [0.3, 0.4) is 0 Å². The van der Waals surface area contributed by atoms with Crippen molar-refractivity contribution >= 4 is 5.91 Å². The highest BCUT2D eigenvalue weighted by molar-refractivity contribution is 5.92. The Morgan fingerprint density at radius 1 is 1.31 bits per heavy atom. The monoisotopic (exact) mass is 364 g/mol. The number of amides is 1. The fourth-order valence-electron chi connectivity index (χ4n) is 2.17. The van der Waals surface area contributed by atoms with Crippen LogP contribution in [0.15, 0.2) is 34.9 Å². The molecular weight excluding hydrogens is 349 g/mol. The molecule has 1 aromatic heterocycles. The number of alkyl halides is 3. The van der Waals surface area contributed by atoms with Gasteiger partial charge in [-0.25, -0.2) is 0 Å². The van der Waals surface area contributed by atoms with Crippen LogP contribution < -0.4 is 10.1 Å². The van der Waals surface area contributed by atoms with E-state index in [9.17, 15) is 18.0 Å². The van der Waals surface area contributed by atoms with Crippen LogP contribution in [-0.2, 0) is 6.18 Å². The first-order valence-corrected chi connectivity index (χ1v) is 7.94. The van der Waals surface area contributed by atoms with E-state index in [1.54, 1.807) is 6.07 Å². The molecule has 1 amide bonds. The SMILES string of the molecule is O=C(NCC#CCOc1cccc(C(F)(F)F)c1)c1cc(C2CC2)on1. The van der Waals surface area contributed by atoms with Gasteiger partial charge in [-0.2, -0.15) is 13.2 Å². The number of hydrogen-bond donors (Lipinski definition) is 1. The van der Waals surface area contributed by atoms with Crippen molar-refractivity contribution in [1.82, 2.24) is 10.5 Å². The second-order valence-electron chi connectivity index (χ2n) is 5.74. The average Bonchev–Trinajstić information content (AvgIpc) is 3.34. The number of rotatable bonds is 5. The molecule has 1 heterocycles. The highest BCUT2D eigenvalue weighted by Gasteiger charge is 2.30. The Morgan fingerprint density at radius 3 is 2.85 bits per heavy atom. The summed E-state index contributed by atoms with van der Waals surface area (Å²) in [6.07, 6.45) is -2.32. The molecule has 0 unspecified atom stereocenters. The van der Waals surface area contributed by atoms with Crippen LogP contribution in [-0.4, -0.2) is 24.2 Å². The molecule has 3 rings (SSSR count). The molecule has 0 atom stereocenters. The average molecular weight is 364 g/mol. The van der Waals surface area contributed by atoms with Gasteiger partial charge < -0.3 is 14.6 Å². The van der Waals surface area contributed by atoms with E-state index < -0.39 is 17.6 Å². The first kappa shape index (κ1) is 17.9. The van der Waals surface area contributed by atoms with Gasteiger partial charge in [0.25, 0.3) is 5.91 Å². The summed E-state index contributed by atoms with van der Waals surface area (Å²) in [5.41, 5.74) is -0.581. The van der Waals surface area contributed by atoms with Gasteiger partial charge in [-0.1, -0.05) is 23.1 Å². The number of carbonyl (C=O) groups is 1. The third kappa shape index (κ3) is 4.79. The maximum absolute atomic E-state index is 12.6. The molecule has 136 valence electrons. The molecule has 1 aliphatic rings. The maximum Gasteiger partial charge on any atom is 0.416 e. The van der Waals surface area contributed by atoms with Gasteiger partial charge in [0.15, 0.2) is 5.69 Å². The predicted octanol–water partition coefficient (Wildman–Crippen LogP) is 3.38. The minimum atomic E-state index is -4.42. The van der Waals surface area contributed by atoms with Crippen LogP contribution in [0.5, 0.6) is 5.75 Å². The van der Waals surface area contributed by atoms with Crippen LogP contribution in [0.2, 0.25) is 0 Å². The number of ether oxygens (including phenoxy) is 1. The highest BCUT2D eigenvalue weighted by Crippen LogP contribution is 2.40. The number of benzene rings is 1. The van der Waals surface area contributed by atoms with E-state index in [2.05, 4.69) is 22.3 Å². The molecule has 1 aromatic carbocycles. The summed E-state index contributed by atoms with van der Waals surface area (Å²) in [5, 5.41) is 6.27. The van der Waals surface area contributed by atoms with Crippen LogP contribution in [0.4, 0.5) is 13.2 Å². The number of carbonyl (C=O) groups excluding carboxylic acids is 1. The highest BCUT2D eigenvalue weighted by atomic mass is 19.4. The fraction of sp³-hybridized carbons (Fsp3) is 0.333. The third-order valence-corrected chi connectivity index (χ3v) is 3.68. The number of aromatic nitrogens is 1. The standard InChI is InChI=1S/C18H15F3N2O3/c19-18(20,21)13-4-3-5-14(10-13)25-9-2-1-8-22-17(24)15-11-16(26-23-15)12-6-7-12/h3-5,10-12H,6-9H2,(H,22,24). The van der Waals surface area contributed by atoms with Crippen molar-refractivity contribution in [1.29, 1.82) is 0 Å². The molecule has 0 radical (unpaired) electrons. The first-order valence-electron chi connectivity index (χ1n) is 7.94. The maximum atomic E-state index is 12.6. The zero-order valence-corrected chi connectivity index (χ0v) is 13.6. The smallest absolute Gasteiger partial charge is 0.416 e. The Labute approximate surface area is 147 Å². The molecule has 8 heteroatoms. The Morgan fingerprint density at radius 2 is 2.12 bits per heavy atom. The van der Waals surface area contributed by atoms with Crippen LogP contribution >= 0.6 is 0 Å². The van der Waals surface area contributed by atoms with E-state index in [0.29, 0.717) is 5.92 Å². The number of hydrogen-bond acceptors (Lipinski definition) is 4. The summed E-state index contributed by atoms with van der Waals surface area (Å²) in [6, 6.07) is 6.18. The zero-order valence-electron chi connectivity index (χ0n) is 13.6. The first-order chi connectivity index (χ1) is 12.4. The Hall–Kier alpha value is -2.95. The van der Waals surface area contributed by atoms with Gasteiger partial charge in [0, 0.05) is 12.0 Å². The largest absolute Gasteiger partial charge is 0.481 e. The van der Waals surface area contributed by atoms with Gasteiger partial charge in [-0.05, 0) is 31.0 Å². The molecule has 26 heavy (non-hydrogen) atoms. The van der Waals surface area contributed by atoms with Crippen LogP contribution in [0.1, 0.15) is 40.6 Å². The predicted molar refractivity (Wildman–Crippen MR) is 85.5 cm³/mol. The van der Waals surface area contributed by atoms with E-state index in [0.717, 1.165) is 30.7 Å². The van der Waals surface area contributed by atoms with Gasteiger partial charge in [0.2, 0.25) is 0 Å². The number of nitrogens with one attached hydrogen (secondary N) is 1. The molecule has 0 spiro atoms. The Bertz CT molecular complexity index is 845. The molecule has 2 aromatic rings. The molecule has 1 fully saturated rings. The van der Waals surface area contributed by atoms with Crippen molar-refractivity contribution < 1.29 is 27.2 Å². The topological polar surface area (TPSA) is 64.4 Å². The summed E-state index contributed by atoms with van der Waals surface area (Å²) in [4.78, 5) is 11.8. The van der Waals surface area contributed by atoms with Crippen molar-refractivity contribution in [3.05, 3.63) is 47.3 Å². The van der Waals surface area contributed by atoms with Crippen molar-refractivity contribution in [3.8, 4) is 17.6 Å². The minimum absolute atomic E-state index is 0.0659. The Balaban J connectivity index is 1.42. The minimum Gasteiger partial charge on any atom is -0.481 e. The second-order valence-corrected chi connectivity index (χ2v) is 5.74. The molecule has 1 saturated carbocycles. The molecule has 1 N–H and O–H groups in total. The van der Waals surface area contributed by atoms with E-state index in [1.165, 1.54) is 12.1 Å². The Kier molecular flexibility index (Phi) is 5.16. The summed E-state index contributed by atoms with van der Waals surface area (Å²) in [7, 11) is 0. The fourth-order valence-corrected chi connectivity index (χ4v) is 2.17. The van der Waals surface area contributed by atoms with Crippen LogP contribution in [0.25, 0.3) is 0 Å². The number of nitrogens with zero attached hydrogens (tertiary/aromatic N) is 1. The quantitative estimate of drug-likeness (QED) is 0.826. The lowest BCUT2D eigenvalue weighted by atomic mass is 10.2. The van der Waals surface area contributed by atoms with E-state index >= 15 is 0 Å². The summed E-state index contributed by atoms with van der Waals surface area (Å²) < 4.78 is 48.0. The van der Waals surface area contributed by atoms with Gasteiger partial charge in [-0.15, -0.1) is 0 Å². The van der Waals surface area contributed by atoms with Crippen molar-refractivity contribution in [2.24, 2.45) is 0 Å². The summed E-state index contributed by atoms with van der Waals surface area (Å²) in [5.74, 6) is 6.05. The van der Waals surface area contributed by atoms with Gasteiger partial charge >= 0.3 is 6.18 Å². The normalized spacial score (nSPS) is 13.7. The lowest BCUT2D eigenvalue weighted by Crippen LogP contribution is -2.23. The van der Waals surface area contributed by atoms with E-state index in [4.69, 9.17) is 9.26 Å². The second kappa shape index (κ2) is 7.52. The molecule has 0 aliphatic heterocycles. The molecular formula is C18H15F3N2O3. The van der Waals surface area contributed by atoms with E-state index in [-0.39, 0.29) is 24.6 Å². The molecule has 0 saturated heterocycles. The van der Waals surface area contributed by atoms with Gasteiger partial charge in [0.05, 0.1) is 12.1 Å². The molecule has 5 nitrogen and oxygen atoms in total. The lowest BCUT2D eigenvalue weighted by Gasteiger charge is -2.08. The molecule has 1 aliphatic carbocycles. The van der Waals surface area contributed by atoms with Crippen molar-refractivity contribution in [2.75, 3.05) is 13.2 Å². The van der Waals surface area contributed by atoms with Crippen LogP contribution in [0, 0.1) is 11.8 Å². The van der Waals surface area contributed by atoms with Crippen molar-refractivity contribution in [3.63, 3.8) is 0 Å². The summed E-state index contributed by atoms with van der Waals surface area (Å²) in [6.45, 7) is -0.0244. The summed E-state index contributed by atoms with van der Waals surface area (Å²) >= 11 is 0. The van der Waals surface area contributed by atoms with Gasteiger partial charge in [-0.3, -0.25) is 4.79 Å². The van der Waals surface area contributed by atoms with Gasteiger partial charge in [0.1, 0.15) is 18.1 Å². The van der Waals surface area contributed by atoms with E-state index in [1.807, 2.05) is 0 Å². The van der Waals surface area contributed by atoms with Crippen molar-refractivity contribution in [2.45, 2.75) is 24.9 Å². The lowest BCUT2D eigenvalue weighted by molar-refractivity contribution is -0.137. The third-order valence-electron chi connectivity index (χ3n) is 3.68. The number of halogens is 3.